The van der Waals surface area contributed by atoms with Crippen molar-refractivity contribution in [3.8, 4) is 5.69 Å². The Bertz CT molecular complexity index is 858. The number of carbonyl (C=O) groups is 1. The lowest BCUT2D eigenvalue weighted by Crippen LogP contribution is -2.31. The lowest BCUT2D eigenvalue weighted by atomic mass is 10.1. The summed E-state index contributed by atoms with van der Waals surface area (Å²) in [7, 11) is 1.77. The van der Waals surface area contributed by atoms with Gasteiger partial charge in [0.05, 0.1) is 5.69 Å². The van der Waals surface area contributed by atoms with Crippen molar-refractivity contribution in [2.24, 2.45) is 0 Å². The van der Waals surface area contributed by atoms with E-state index in [2.05, 4.69) is 20.8 Å². The Morgan fingerprint density at radius 2 is 1.92 bits per heavy atom. The maximum absolute atomic E-state index is 12.5. The molecule has 1 aromatic heterocycles. The van der Waals surface area contributed by atoms with Gasteiger partial charge in [0, 0.05) is 19.3 Å². The monoisotopic (exact) mass is 336 g/mol. The molecule has 2 aromatic carbocycles. The van der Waals surface area contributed by atoms with Crippen LogP contribution in [0, 0.1) is 13.8 Å². The third-order valence-electron chi connectivity index (χ3n) is 3.96. The van der Waals surface area contributed by atoms with Gasteiger partial charge in [-0.1, -0.05) is 35.9 Å². The molecule has 7 heteroatoms. The van der Waals surface area contributed by atoms with Crippen molar-refractivity contribution in [3.63, 3.8) is 0 Å². The molecule has 3 rings (SSSR count). The zero-order chi connectivity index (χ0) is 17.8. The van der Waals surface area contributed by atoms with E-state index in [4.69, 9.17) is 0 Å². The number of carbonyl (C=O) groups excluding carboxylic acids is 1. The molecule has 0 saturated carbocycles. The Kier molecular flexibility index (Phi) is 4.74. The quantitative estimate of drug-likeness (QED) is 0.795. The largest absolute Gasteiger partial charge is 0.323 e. The number of hydrogen-bond acceptors (Lipinski definition) is 4. The van der Waals surface area contributed by atoms with Crippen LogP contribution in [0.5, 0.6) is 0 Å². The van der Waals surface area contributed by atoms with Crippen molar-refractivity contribution in [2.45, 2.75) is 20.4 Å². The molecule has 2 amide bonds. The standard InChI is InChI=1S/C18H20N6O/c1-13-4-7-15(8-5-13)11-23(3)18(25)20-17-10-16(9-6-14(17)2)24-12-19-21-22-24/h4-10,12H,11H2,1-3H3,(H,20,25). The molecule has 25 heavy (non-hydrogen) atoms. The Hall–Kier alpha value is -3.22. The lowest BCUT2D eigenvalue weighted by Gasteiger charge is -2.19. The van der Waals surface area contributed by atoms with Gasteiger partial charge in [-0.2, -0.15) is 0 Å². The molecular formula is C18H20N6O. The summed E-state index contributed by atoms with van der Waals surface area (Å²) in [5.74, 6) is 0. The first-order valence-electron chi connectivity index (χ1n) is 7.94. The highest BCUT2D eigenvalue weighted by atomic mass is 16.2. The van der Waals surface area contributed by atoms with Crippen LogP contribution in [0.15, 0.2) is 48.8 Å². The van der Waals surface area contributed by atoms with Gasteiger partial charge in [-0.15, -0.1) is 5.10 Å². The van der Waals surface area contributed by atoms with Crippen LogP contribution in [0.1, 0.15) is 16.7 Å². The third-order valence-corrected chi connectivity index (χ3v) is 3.96. The van der Waals surface area contributed by atoms with Crippen molar-refractivity contribution in [1.82, 2.24) is 25.1 Å². The Labute approximate surface area is 146 Å². The number of urea groups is 1. The Balaban J connectivity index is 1.71. The molecule has 0 aliphatic carbocycles. The van der Waals surface area contributed by atoms with Gasteiger partial charge in [0.2, 0.25) is 0 Å². The van der Waals surface area contributed by atoms with Gasteiger partial charge in [-0.05, 0) is 47.5 Å². The molecular weight excluding hydrogens is 316 g/mol. The number of aryl methyl sites for hydroxylation is 2. The first-order chi connectivity index (χ1) is 12.0. The van der Waals surface area contributed by atoms with E-state index < -0.39 is 0 Å². The van der Waals surface area contributed by atoms with Gasteiger partial charge < -0.3 is 10.2 Å². The SMILES string of the molecule is Cc1ccc(CN(C)C(=O)Nc2cc(-n3cnnn3)ccc2C)cc1. The van der Waals surface area contributed by atoms with Crippen LogP contribution in [-0.2, 0) is 6.54 Å². The number of nitrogens with one attached hydrogen (secondary N) is 1. The average Bonchev–Trinajstić information content (AvgIpc) is 3.13. The molecule has 0 atom stereocenters. The van der Waals surface area contributed by atoms with E-state index >= 15 is 0 Å². The minimum Gasteiger partial charge on any atom is -0.323 e. The van der Waals surface area contributed by atoms with Gasteiger partial charge >= 0.3 is 6.03 Å². The first-order valence-corrected chi connectivity index (χ1v) is 7.94. The number of anilines is 1. The summed E-state index contributed by atoms with van der Waals surface area (Å²) in [4.78, 5) is 14.1. The Morgan fingerprint density at radius 3 is 2.60 bits per heavy atom. The number of tetrazole rings is 1. The predicted octanol–water partition coefficient (Wildman–Crippen LogP) is 2.94. The number of benzene rings is 2. The van der Waals surface area contributed by atoms with Crippen LogP contribution < -0.4 is 5.32 Å². The predicted molar refractivity (Wildman–Crippen MR) is 95.6 cm³/mol. The van der Waals surface area contributed by atoms with E-state index in [0.717, 1.165) is 22.5 Å². The van der Waals surface area contributed by atoms with Crippen LogP contribution >= 0.6 is 0 Å². The second-order valence-electron chi connectivity index (χ2n) is 6.03. The van der Waals surface area contributed by atoms with Crippen LogP contribution in [-0.4, -0.2) is 38.2 Å². The summed E-state index contributed by atoms with van der Waals surface area (Å²) >= 11 is 0. The number of aromatic nitrogens is 4. The second-order valence-corrected chi connectivity index (χ2v) is 6.03. The molecule has 0 radical (unpaired) electrons. The second kappa shape index (κ2) is 7.12. The smallest absolute Gasteiger partial charge is 0.321 e. The number of amides is 2. The zero-order valence-electron chi connectivity index (χ0n) is 14.5. The molecule has 0 unspecified atom stereocenters. The number of hydrogen-bond donors (Lipinski definition) is 1. The van der Waals surface area contributed by atoms with E-state index in [1.807, 2.05) is 56.3 Å². The van der Waals surface area contributed by atoms with Crippen molar-refractivity contribution in [2.75, 3.05) is 12.4 Å². The van der Waals surface area contributed by atoms with Gasteiger partial charge in [0.1, 0.15) is 6.33 Å². The van der Waals surface area contributed by atoms with Crippen LogP contribution in [0.25, 0.3) is 5.69 Å². The lowest BCUT2D eigenvalue weighted by molar-refractivity contribution is 0.220. The van der Waals surface area contributed by atoms with Gasteiger partial charge in [0.25, 0.3) is 0 Å². The van der Waals surface area contributed by atoms with E-state index in [9.17, 15) is 4.79 Å². The fourth-order valence-corrected chi connectivity index (χ4v) is 2.42. The summed E-state index contributed by atoms with van der Waals surface area (Å²) in [5.41, 5.74) is 4.77. The van der Waals surface area contributed by atoms with Crippen molar-refractivity contribution < 1.29 is 4.79 Å². The molecule has 0 aliphatic rings. The minimum atomic E-state index is -0.169. The van der Waals surface area contributed by atoms with E-state index in [1.165, 1.54) is 11.9 Å². The molecule has 0 spiro atoms. The van der Waals surface area contributed by atoms with Gasteiger partial charge in [-0.3, -0.25) is 0 Å². The molecule has 0 fully saturated rings. The summed E-state index contributed by atoms with van der Waals surface area (Å²) in [6, 6.07) is 13.7. The van der Waals surface area contributed by atoms with Gasteiger partial charge in [0.15, 0.2) is 0 Å². The van der Waals surface area contributed by atoms with Crippen LogP contribution in [0.2, 0.25) is 0 Å². The maximum atomic E-state index is 12.5. The highest BCUT2D eigenvalue weighted by molar-refractivity contribution is 5.90. The normalized spacial score (nSPS) is 10.5. The number of rotatable bonds is 4. The summed E-state index contributed by atoms with van der Waals surface area (Å²) in [6.45, 7) is 4.53. The van der Waals surface area contributed by atoms with Crippen LogP contribution in [0.3, 0.4) is 0 Å². The fraction of sp³-hybridized carbons (Fsp3) is 0.222. The van der Waals surface area contributed by atoms with Crippen LogP contribution in [0.4, 0.5) is 10.5 Å². The Morgan fingerprint density at radius 1 is 1.16 bits per heavy atom. The molecule has 0 aliphatic heterocycles. The van der Waals surface area contributed by atoms with Crippen molar-refractivity contribution in [3.05, 3.63) is 65.5 Å². The number of nitrogens with zero attached hydrogens (tertiary/aromatic N) is 5. The maximum Gasteiger partial charge on any atom is 0.321 e. The topological polar surface area (TPSA) is 75.9 Å². The van der Waals surface area contributed by atoms with E-state index in [1.54, 1.807) is 16.6 Å². The zero-order valence-corrected chi connectivity index (χ0v) is 14.5. The van der Waals surface area contributed by atoms with E-state index in [-0.39, 0.29) is 6.03 Å². The summed E-state index contributed by atoms with van der Waals surface area (Å²) in [6.07, 6.45) is 1.51. The molecule has 0 bridgehead atoms. The minimum absolute atomic E-state index is 0.169. The van der Waals surface area contributed by atoms with Crippen molar-refractivity contribution >= 4 is 11.7 Å². The molecule has 0 saturated heterocycles. The molecule has 7 nitrogen and oxygen atoms in total. The van der Waals surface area contributed by atoms with Crippen molar-refractivity contribution in [1.29, 1.82) is 0 Å². The highest BCUT2D eigenvalue weighted by Crippen LogP contribution is 2.19. The molecule has 1 heterocycles. The summed E-state index contributed by atoms with van der Waals surface area (Å²) < 4.78 is 1.55. The van der Waals surface area contributed by atoms with Gasteiger partial charge in [-0.25, -0.2) is 9.48 Å². The summed E-state index contributed by atoms with van der Waals surface area (Å²) in [5, 5.41) is 14.1. The molecule has 1 N–H and O–H groups in total. The fourth-order valence-electron chi connectivity index (χ4n) is 2.42. The molecule has 128 valence electrons. The third kappa shape index (κ3) is 4.00. The molecule has 3 aromatic rings. The highest BCUT2D eigenvalue weighted by Gasteiger charge is 2.12. The average molecular weight is 336 g/mol. The van der Waals surface area contributed by atoms with E-state index in [0.29, 0.717) is 6.54 Å². The first kappa shape index (κ1) is 16.6.